The zero-order valence-electron chi connectivity index (χ0n) is 10.8. The third-order valence-electron chi connectivity index (χ3n) is 2.92. The molecule has 0 atom stereocenters. The van der Waals surface area contributed by atoms with Crippen molar-refractivity contribution in [2.24, 2.45) is 7.05 Å². The molecule has 1 aromatic rings. The number of rotatable bonds is 1. The first-order valence-corrected chi connectivity index (χ1v) is 5.80. The average Bonchev–Trinajstić information content (AvgIpc) is 2.54. The molecule has 0 bridgehead atoms. The number of likely N-dealkylation sites (tertiary alicyclic amines) is 1. The zero-order valence-corrected chi connectivity index (χ0v) is 10.8. The van der Waals surface area contributed by atoms with Gasteiger partial charge in [-0.05, 0) is 0 Å². The van der Waals surface area contributed by atoms with Gasteiger partial charge in [-0.3, -0.25) is 9.48 Å². The van der Waals surface area contributed by atoms with Crippen LogP contribution in [0.4, 0.5) is 0 Å². The lowest BCUT2D eigenvalue weighted by molar-refractivity contribution is 0.00574. The van der Waals surface area contributed by atoms with Crippen molar-refractivity contribution < 1.29 is 9.90 Å². The van der Waals surface area contributed by atoms with Crippen molar-refractivity contribution >= 4 is 5.91 Å². The van der Waals surface area contributed by atoms with Crippen LogP contribution in [0.1, 0.15) is 36.8 Å². The molecule has 1 saturated heterocycles. The highest BCUT2D eigenvalue weighted by Gasteiger charge is 2.34. The van der Waals surface area contributed by atoms with Gasteiger partial charge in [0.05, 0.1) is 17.4 Å². The maximum atomic E-state index is 12.2. The Bertz CT molecular complexity index is 439. The molecule has 1 N–H and O–H groups in total. The number of aromatic nitrogens is 2. The van der Waals surface area contributed by atoms with Crippen molar-refractivity contribution in [3.8, 4) is 0 Å². The number of aliphatic hydroxyl groups excluding tert-OH is 1. The van der Waals surface area contributed by atoms with Gasteiger partial charge in [0.1, 0.15) is 0 Å². The second-order valence-corrected chi connectivity index (χ2v) is 5.68. The molecule has 1 fully saturated rings. The molecule has 2 rings (SSSR count). The van der Waals surface area contributed by atoms with E-state index < -0.39 is 0 Å². The standard InChI is InChI=1S/C12H19N3O2/c1-12(2,3)10-9(7-14(4)13-10)11(17)15-5-8(16)6-15/h7-8,16H,5-6H2,1-4H3. The molecule has 94 valence electrons. The van der Waals surface area contributed by atoms with Gasteiger partial charge in [0.15, 0.2) is 0 Å². The number of hydrogen-bond acceptors (Lipinski definition) is 3. The summed E-state index contributed by atoms with van der Waals surface area (Å²) < 4.78 is 1.67. The maximum absolute atomic E-state index is 12.2. The van der Waals surface area contributed by atoms with Crippen molar-refractivity contribution in [3.63, 3.8) is 0 Å². The summed E-state index contributed by atoms with van der Waals surface area (Å²) in [4.78, 5) is 13.9. The summed E-state index contributed by atoms with van der Waals surface area (Å²) in [6.45, 7) is 6.97. The van der Waals surface area contributed by atoms with Crippen LogP contribution in [0.15, 0.2) is 6.20 Å². The van der Waals surface area contributed by atoms with E-state index in [-0.39, 0.29) is 17.4 Å². The molecule has 0 aromatic carbocycles. The summed E-state index contributed by atoms with van der Waals surface area (Å²) in [6, 6.07) is 0. The van der Waals surface area contributed by atoms with Gasteiger partial charge in [0, 0.05) is 31.7 Å². The number of amides is 1. The first kappa shape index (κ1) is 12.1. The Hall–Kier alpha value is -1.36. The maximum Gasteiger partial charge on any atom is 0.257 e. The molecule has 0 radical (unpaired) electrons. The van der Waals surface area contributed by atoms with E-state index in [1.54, 1.807) is 15.8 Å². The molecule has 0 spiro atoms. The van der Waals surface area contributed by atoms with Crippen LogP contribution in [0.3, 0.4) is 0 Å². The largest absolute Gasteiger partial charge is 0.389 e. The molecule has 2 heterocycles. The van der Waals surface area contributed by atoms with E-state index in [0.717, 1.165) is 5.69 Å². The van der Waals surface area contributed by atoms with E-state index >= 15 is 0 Å². The highest BCUT2D eigenvalue weighted by atomic mass is 16.3. The Morgan fingerprint density at radius 2 is 2.06 bits per heavy atom. The van der Waals surface area contributed by atoms with Gasteiger partial charge < -0.3 is 10.0 Å². The predicted molar refractivity (Wildman–Crippen MR) is 63.8 cm³/mol. The Morgan fingerprint density at radius 1 is 1.47 bits per heavy atom. The van der Waals surface area contributed by atoms with Crippen LogP contribution in [0.2, 0.25) is 0 Å². The van der Waals surface area contributed by atoms with Crippen LogP contribution < -0.4 is 0 Å². The summed E-state index contributed by atoms with van der Waals surface area (Å²) in [5.41, 5.74) is 1.30. The van der Waals surface area contributed by atoms with Crippen molar-refractivity contribution in [3.05, 3.63) is 17.5 Å². The molecule has 1 aliphatic rings. The fourth-order valence-electron chi connectivity index (χ4n) is 1.99. The summed E-state index contributed by atoms with van der Waals surface area (Å²) in [5.74, 6) is -0.0340. The smallest absolute Gasteiger partial charge is 0.257 e. The highest BCUT2D eigenvalue weighted by molar-refractivity contribution is 5.96. The van der Waals surface area contributed by atoms with E-state index in [2.05, 4.69) is 5.10 Å². The first-order valence-electron chi connectivity index (χ1n) is 5.80. The average molecular weight is 237 g/mol. The third kappa shape index (κ3) is 2.20. The SMILES string of the molecule is Cn1cc(C(=O)N2CC(O)C2)c(C(C)(C)C)n1. The third-order valence-corrected chi connectivity index (χ3v) is 2.92. The molecular formula is C12H19N3O2. The quantitative estimate of drug-likeness (QED) is 0.775. The van der Waals surface area contributed by atoms with E-state index in [9.17, 15) is 9.90 Å². The molecule has 17 heavy (non-hydrogen) atoms. The van der Waals surface area contributed by atoms with Gasteiger partial charge in [-0.2, -0.15) is 5.10 Å². The lowest BCUT2D eigenvalue weighted by Gasteiger charge is -2.36. The number of carbonyl (C=O) groups is 1. The van der Waals surface area contributed by atoms with Crippen LogP contribution in [0, 0.1) is 0 Å². The Kier molecular flexibility index (Phi) is 2.73. The number of β-amino-alcohol motifs (C(OH)–C–C–N with tert-alkyl or cyclic N) is 1. The topological polar surface area (TPSA) is 58.4 Å². The van der Waals surface area contributed by atoms with Crippen LogP contribution in [-0.2, 0) is 12.5 Å². The first-order chi connectivity index (χ1) is 7.79. The highest BCUT2D eigenvalue weighted by Crippen LogP contribution is 2.26. The van der Waals surface area contributed by atoms with Crippen molar-refractivity contribution in [2.45, 2.75) is 32.3 Å². The van der Waals surface area contributed by atoms with E-state index in [1.165, 1.54) is 0 Å². The van der Waals surface area contributed by atoms with E-state index in [0.29, 0.717) is 18.7 Å². The van der Waals surface area contributed by atoms with Gasteiger partial charge in [-0.1, -0.05) is 20.8 Å². The normalized spacial score (nSPS) is 17.1. The lowest BCUT2D eigenvalue weighted by Crippen LogP contribution is -2.53. The van der Waals surface area contributed by atoms with Crippen LogP contribution in [0.5, 0.6) is 0 Å². The molecule has 0 saturated carbocycles. The molecule has 5 heteroatoms. The van der Waals surface area contributed by atoms with Crippen LogP contribution in [0.25, 0.3) is 0 Å². The zero-order chi connectivity index (χ0) is 12.8. The summed E-state index contributed by atoms with van der Waals surface area (Å²) in [5, 5.41) is 13.6. The molecule has 0 unspecified atom stereocenters. The van der Waals surface area contributed by atoms with Crippen LogP contribution in [-0.4, -0.2) is 44.9 Å². The lowest BCUT2D eigenvalue weighted by atomic mass is 9.89. The Balaban J connectivity index is 2.29. The minimum atomic E-state index is -0.367. The van der Waals surface area contributed by atoms with Gasteiger partial charge >= 0.3 is 0 Å². The summed E-state index contributed by atoms with van der Waals surface area (Å²) in [7, 11) is 1.82. The monoisotopic (exact) mass is 237 g/mol. The molecule has 0 aliphatic carbocycles. The number of hydrogen-bond donors (Lipinski definition) is 1. The molecule has 1 aromatic heterocycles. The fourth-order valence-corrected chi connectivity index (χ4v) is 1.99. The van der Waals surface area contributed by atoms with E-state index in [4.69, 9.17) is 0 Å². The van der Waals surface area contributed by atoms with Crippen molar-refractivity contribution in [2.75, 3.05) is 13.1 Å². The molecule has 1 aliphatic heterocycles. The van der Waals surface area contributed by atoms with Gasteiger partial charge in [-0.25, -0.2) is 0 Å². The summed E-state index contributed by atoms with van der Waals surface area (Å²) >= 11 is 0. The molecule has 1 amide bonds. The van der Waals surface area contributed by atoms with Crippen LogP contribution >= 0.6 is 0 Å². The molecule has 5 nitrogen and oxygen atoms in total. The van der Waals surface area contributed by atoms with Gasteiger partial charge in [-0.15, -0.1) is 0 Å². The van der Waals surface area contributed by atoms with E-state index in [1.807, 2.05) is 27.8 Å². The Labute approximate surface area is 101 Å². The number of aryl methyl sites for hydroxylation is 1. The number of carbonyl (C=O) groups excluding carboxylic acids is 1. The number of nitrogens with zero attached hydrogens (tertiary/aromatic N) is 3. The van der Waals surface area contributed by atoms with Crippen molar-refractivity contribution in [1.82, 2.24) is 14.7 Å². The second-order valence-electron chi connectivity index (χ2n) is 5.68. The van der Waals surface area contributed by atoms with Crippen molar-refractivity contribution in [1.29, 1.82) is 0 Å². The number of aliphatic hydroxyl groups is 1. The minimum Gasteiger partial charge on any atom is -0.389 e. The van der Waals surface area contributed by atoms with Gasteiger partial charge in [0.2, 0.25) is 0 Å². The second kappa shape index (κ2) is 3.84. The minimum absolute atomic E-state index is 0.0340. The predicted octanol–water partition coefficient (Wildman–Crippen LogP) is 0.534. The Morgan fingerprint density at radius 3 is 2.53 bits per heavy atom. The molecular weight excluding hydrogens is 218 g/mol. The van der Waals surface area contributed by atoms with Gasteiger partial charge in [0.25, 0.3) is 5.91 Å². The summed E-state index contributed by atoms with van der Waals surface area (Å²) in [6.07, 6.45) is 1.39. The fraction of sp³-hybridized carbons (Fsp3) is 0.667.